The molecule has 140 valence electrons. The fourth-order valence-corrected chi connectivity index (χ4v) is 4.64. The molecule has 10 heteroatoms. The van der Waals surface area contributed by atoms with Crippen molar-refractivity contribution < 1.29 is 19.4 Å². The van der Waals surface area contributed by atoms with Crippen LogP contribution in [0.25, 0.3) is 10.2 Å². The standard InChI is InChI=1S/C17H15N3O5S2/c1-25-9-4-2-8(3-5-9)19-12(23)7-26-17-13(16(18)24)14-15(27-17)10(21)6-11(22)20-14/h2-6H,7H2,1H3,(H2,18,24)(H,19,23)(H2,20,21,22). The Morgan fingerprint density at radius 2 is 2.04 bits per heavy atom. The zero-order valence-corrected chi connectivity index (χ0v) is 15.7. The van der Waals surface area contributed by atoms with E-state index in [0.29, 0.717) is 20.3 Å². The van der Waals surface area contributed by atoms with Crippen LogP contribution in [0.1, 0.15) is 10.4 Å². The maximum atomic E-state index is 12.2. The molecule has 0 aliphatic heterocycles. The Balaban J connectivity index is 1.78. The molecule has 27 heavy (non-hydrogen) atoms. The molecule has 0 saturated carbocycles. The van der Waals surface area contributed by atoms with Crippen molar-refractivity contribution in [1.29, 1.82) is 0 Å². The summed E-state index contributed by atoms with van der Waals surface area (Å²) >= 11 is 2.18. The molecule has 0 fully saturated rings. The first-order chi connectivity index (χ1) is 12.9. The van der Waals surface area contributed by atoms with Crippen LogP contribution in [0.2, 0.25) is 0 Å². The number of fused-ring (bicyclic) bond motifs is 1. The number of thiophene rings is 1. The van der Waals surface area contributed by atoms with Crippen LogP contribution in [-0.4, -0.2) is 34.8 Å². The minimum absolute atomic E-state index is 0.0180. The third-order valence-corrected chi connectivity index (χ3v) is 6.06. The van der Waals surface area contributed by atoms with Crippen LogP contribution in [0.4, 0.5) is 5.69 Å². The number of carbonyl (C=O) groups is 2. The number of amides is 2. The summed E-state index contributed by atoms with van der Waals surface area (Å²) in [7, 11) is 1.55. The number of ether oxygens (including phenoxy) is 1. The molecule has 0 aliphatic rings. The van der Waals surface area contributed by atoms with Gasteiger partial charge < -0.3 is 25.9 Å². The number of nitrogens with two attached hydrogens (primary N) is 1. The summed E-state index contributed by atoms with van der Waals surface area (Å²) in [5, 5.41) is 12.7. The van der Waals surface area contributed by atoms with Crippen LogP contribution in [-0.2, 0) is 4.79 Å². The number of carbonyl (C=O) groups excluding carboxylic acids is 2. The topological polar surface area (TPSA) is 135 Å². The molecule has 0 aliphatic carbocycles. The molecular weight excluding hydrogens is 390 g/mol. The van der Waals surface area contributed by atoms with Crippen molar-refractivity contribution in [1.82, 2.24) is 4.98 Å². The number of aromatic amines is 1. The molecule has 3 aromatic rings. The van der Waals surface area contributed by atoms with Gasteiger partial charge >= 0.3 is 0 Å². The Morgan fingerprint density at radius 3 is 2.67 bits per heavy atom. The van der Waals surface area contributed by atoms with Crippen molar-refractivity contribution in [3.8, 4) is 11.5 Å². The van der Waals surface area contributed by atoms with Gasteiger partial charge in [-0.25, -0.2) is 0 Å². The number of nitrogens with one attached hydrogen (secondary N) is 2. The summed E-state index contributed by atoms with van der Waals surface area (Å²) in [5.74, 6) is -0.580. The molecule has 2 amide bonds. The van der Waals surface area contributed by atoms with Gasteiger partial charge in [-0.3, -0.25) is 14.4 Å². The second-order valence-corrected chi connectivity index (χ2v) is 7.68. The minimum Gasteiger partial charge on any atom is -0.506 e. The van der Waals surface area contributed by atoms with Gasteiger partial charge in [0.2, 0.25) is 5.91 Å². The molecule has 8 nitrogen and oxygen atoms in total. The third kappa shape index (κ3) is 4.07. The van der Waals surface area contributed by atoms with Gasteiger partial charge in [0, 0.05) is 11.8 Å². The van der Waals surface area contributed by atoms with Gasteiger partial charge in [0.05, 0.1) is 32.9 Å². The van der Waals surface area contributed by atoms with E-state index in [1.54, 1.807) is 31.4 Å². The highest BCUT2D eigenvalue weighted by Crippen LogP contribution is 2.40. The fourth-order valence-electron chi connectivity index (χ4n) is 2.39. The summed E-state index contributed by atoms with van der Waals surface area (Å²) in [6.45, 7) is 0. The zero-order chi connectivity index (χ0) is 19.6. The average Bonchev–Trinajstić information content (AvgIpc) is 2.99. The van der Waals surface area contributed by atoms with Crippen molar-refractivity contribution in [3.05, 3.63) is 46.2 Å². The molecule has 0 bridgehead atoms. The molecule has 2 heterocycles. The second-order valence-electron chi connectivity index (χ2n) is 5.42. The lowest BCUT2D eigenvalue weighted by Gasteiger charge is -2.06. The Morgan fingerprint density at radius 1 is 1.33 bits per heavy atom. The molecule has 0 atom stereocenters. The van der Waals surface area contributed by atoms with Gasteiger partial charge in [-0.05, 0) is 24.3 Å². The van der Waals surface area contributed by atoms with E-state index in [-0.39, 0.29) is 28.5 Å². The highest BCUT2D eigenvalue weighted by Gasteiger charge is 2.21. The number of aromatic hydroxyl groups is 1. The van der Waals surface area contributed by atoms with Gasteiger partial charge in [-0.1, -0.05) is 0 Å². The van der Waals surface area contributed by atoms with Crippen LogP contribution in [0, 0.1) is 0 Å². The molecule has 1 aromatic carbocycles. The number of thioether (sulfide) groups is 1. The lowest BCUT2D eigenvalue weighted by atomic mass is 10.2. The summed E-state index contributed by atoms with van der Waals surface area (Å²) in [4.78, 5) is 38.1. The van der Waals surface area contributed by atoms with Gasteiger partial charge in [0.1, 0.15) is 11.5 Å². The summed E-state index contributed by atoms with van der Waals surface area (Å²) in [5.41, 5.74) is 5.74. The molecule has 0 radical (unpaired) electrons. The summed E-state index contributed by atoms with van der Waals surface area (Å²) < 4.78 is 5.84. The van der Waals surface area contributed by atoms with E-state index >= 15 is 0 Å². The first kappa shape index (κ1) is 18.8. The van der Waals surface area contributed by atoms with E-state index in [2.05, 4.69) is 10.3 Å². The van der Waals surface area contributed by atoms with Crippen molar-refractivity contribution >= 4 is 50.8 Å². The molecule has 0 spiro atoms. The third-order valence-electron chi connectivity index (χ3n) is 3.58. The predicted octanol–water partition coefficient (Wildman–Crippen LogP) is 2.13. The van der Waals surface area contributed by atoms with Gasteiger partial charge in [-0.2, -0.15) is 0 Å². The molecule has 0 unspecified atom stereocenters. The Hall–Kier alpha value is -2.98. The molecule has 3 rings (SSSR count). The lowest BCUT2D eigenvalue weighted by Crippen LogP contribution is -2.15. The van der Waals surface area contributed by atoms with Crippen molar-refractivity contribution in [2.45, 2.75) is 4.21 Å². The number of anilines is 1. The highest BCUT2D eigenvalue weighted by molar-refractivity contribution is 8.02. The van der Waals surface area contributed by atoms with Gasteiger partial charge in [0.25, 0.3) is 11.5 Å². The number of hydrogen-bond donors (Lipinski definition) is 4. The number of H-pyrrole nitrogens is 1. The number of methoxy groups -OCH3 is 1. The first-order valence-corrected chi connectivity index (χ1v) is 9.44. The maximum absolute atomic E-state index is 12.2. The van der Waals surface area contributed by atoms with E-state index in [4.69, 9.17) is 10.5 Å². The van der Waals surface area contributed by atoms with E-state index in [1.165, 1.54) is 0 Å². The number of benzene rings is 1. The lowest BCUT2D eigenvalue weighted by molar-refractivity contribution is -0.113. The van der Waals surface area contributed by atoms with Gasteiger partial charge in [-0.15, -0.1) is 23.1 Å². The average molecular weight is 405 g/mol. The normalized spacial score (nSPS) is 10.7. The fraction of sp³-hybridized carbons (Fsp3) is 0.118. The molecular formula is C17H15N3O5S2. The van der Waals surface area contributed by atoms with Crippen LogP contribution >= 0.6 is 23.1 Å². The minimum atomic E-state index is -0.749. The molecule has 2 aromatic heterocycles. The van der Waals surface area contributed by atoms with Gasteiger partial charge in [0.15, 0.2) is 0 Å². The quantitative estimate of drug-likeness (QED) is 0.464. The number of pyridine rings is 1. The maximum Gasteiger partial charge on any atom is 0.252 e. The summed E-state index contributed by atoms with van der Waals surface area (Å²) in [6, 6.07) is 7.88. The highest BCUT2D eigenvalue weighted by atomic mass is 32.2. The Bertz CT molecular complexity index is 1070. The van der Waals surface area contributed by atoms with Crippen LogP contribution in [0.5, 0.6) is 11.5 Å². The van der Waals surface area contributed by atoms with Crippen LogP contribution in [0.3, 0.4) is 0 Å². The van der Waals surface area contributed by atoms with Crippen LogP contribution in [0.15, 0.2) is 39.3 Å². The molecule has 0 saturated heterocycles. The smallest absolute Gasteiger partial charge is 0.252 e. The number of rotatable bonds is 6. The van der Waals surface area contributed by atoms with Crippen molar-refractivity contribution in [2.24, 2.45) is 5.73 Å². The van der Waals surface area contributed by atoms with E-state index in [0.717, 1.165) is 29.2 Å². The largest absolute Gasteiger partial charge is 0.506 e. The Kier molecular flexibility index (Phi) is 5.38. The van der Waals surface area contributed by atoms with Crippen molar-refractivity contribution in [3.63, 3.8) is 0 Å². The molecule has 5 N–H and O–H groups in total. The Labute approximate surface area is 161 Å². The van der Waals surface area contributed by atoms with Crippen LogP contribution < -0.4 is 21.3 Å². The number of aromatic nitrogens is 1. The SMILES string of the molecule is COc1ccc(NC(=O)CSc2sc3c(O)cc(=O)[nH]c3c2C(N)=O)cc1. The predicted molar refractivity (Wildman–Crippen MR) is 105 cm³/mol. The first-order valence-electron chi connectivity index (χ1n) is 7.64. The van der Waals surface area contributed by atoms with E-state index in [1.807, 2.05) is 0 Å². The van der Waals surface area contributed by atoms with E-state index < -0.39 is 11.5 Å². The second kappa shape index (κ2) is 7.72. The number of hydrogen-bond acceptors (Lipinski definition) is 7. The zero-order valence-electron chi connectivity index (χ0n) is 14.1. The monoisotopic (exact) mass is 405 g/mol. The summed E-state index contributed by atoms with van der Waals surface area (Å²) in [6.07, 6.45) is 0. The number of primary amides is 1. The van der Waals surface area contributed by atoms with Crippen molar-refractivity contribution in [2.75, 3.05) is 18.2 Å². The van der Waals surface area contributed by atoms with E-state index in [9.17, 15) is 19.5 Å².